The van der Waals surface area contributed by atoms with Crippen LogP contribution in [0.1, 0.15) is 24.0 Å². The standard InChI is InChI=1S/C20H20F3NO6S/c21-20(22,23)17-4-2-1-3-13(17)12-30-15-5-7-16(8-6-15)31(28,29)24-10-9-14(25)11-18(24)19(26)27/h1-8,14,18,25H,9-12H2,(H,26,27). The average molecular weight is 459 g/mol. The van der Waals surface area contributed by atoms with Crippen LogP contribution in [-0.2, 0) is 27.6 Å². The van der Waals surface area contributed by atoms with E-state index in [4.69, 9.17) is 4.74 Å². The molecule has 1 heterocycles. The van der Waals surface area contributed by atoms with E-state index < -0.39 is 39.9 Å². The highest BCUT2D eigenvalue weighted by Gasteiger charge is 2.40. The molecule has 168 valence electrons. The number of nitrogens with zero attached hydrogens (tertiary/aromatic N) is 1. The maximum atomic E-state index is 13.1. The number of halogens is 3. The molecule has 2 unspecified atom stereocenters. The molecule has 1 saturated heterocycles. The van der Waals surface area contributed by atoms with E-state index in [0.717, 1.165) is 10.4 Å². The number of aliphatic hydroxyl groups is 1. The van der Waals surface area contributed by atoms with Crippen molar-refractivity contribution in [3.8, 4) is 5.75 Å². The van der Waals surface area contributed by atoms with Gasteiger partial charge < -0.3 is 14.9 Å². The van der Waals surface area contributed by atoms with Crippen LogP contribution in [0.25, 0.3) is 0 Å². The molecule has 31 heavy (non-hydrogen) atoms. The Hall–Kier alpha value is -2.63. The van der Waals surface area contributed by atoms with Crippen LogP contribution in [-0.4, -0.2) is 47.6 Å². The maximum Gasteiger partial charge on any atom is 0.416 e. The predicted molar refractivity (Wildman–Crippen MR) is 103 cm³/mol. The van der Waals surface area contributed by atoms with E-state index in [1.807, 2.05) is 0 Å². The Kier molecular flexibility index (Phi) is 6.58. The Morgan fingerprint density at radius 2 is 1.77 bits per heavy atom. The first-order valence-corrected chi connectivity index (χ1v) is 10.7. The molecule has 0 aromatic heterocycles. The van der Waals surface area contributed by atoms with Crippen molar-refractivity contribution in [3.05, 3.63) is 59.7 Å². The number of alkyl halides is 3. The molecule has 0 spiro atoms. The molecule has 11 heteroatoms. The topological polar surface area (TPSA) is 104 Å². The van der Waals surface area contributed by atoms with Gasteiger partial charge in [-0.3, -0.25) is 4.79 Å². The second kappa shape index (κ2) is 8.85. The Morgan fingerprint density at radius 3 is 2.39 bits per heavy atom. The van der Waals surface area contributed by atoms with E-state index in [1.54, 1.807) is 0 Å². The molecule has 0 radical (unpaired) electrons. The highest BCUT2D eigenvalue weighted by molar-refractivity contribution is 7.89. The Labute approximate surface area is 176 Å². The fraction of sp³-hybridized carbons (Fsp3) is 0.350. The van der Waals surface area contributed by atoms with Crippen LogP contribution in [0.3, 0.4) is 0 Å². The number of carboxylic acid groups (broad SMARTS) is 1. The minimum absolute atomic E-state index is 0.0668. The number of carbonyl (C=O) groups is 1. The van der Waals surface area contributed by atoms with Gasteiger partial charge in [-0.2, -0.15) is 17.5 Å². The first kappa shape index (κ1) is 23.0. The van der Waals surface area contributed by atoms with Crippen LogP contribution in [0.2, 0.25) is 0 Å². The number of benzene rings is 2. The lowest BCUT2D eigenvalue weighted by Gasteiger charge is -2.34. The third-order valence-electron chi connectivity index (χ3n) is 4.96. The molecule has 1 aliphatic rings. The van der Waals surface area contributed by atoms with Crippen LogP contribution >= 0.6 is 0 Å². The quantitative estimate of drug-likeness (QED) is 0.689. The van der Waals surface area contributed by atoms with Crippen molar-refractivity contribution in [1.29, 1.82) is 0 Å². The highest BCUT2D eigenvalue weighted by Crippen LogP contribution is 2.32. The minimum Gasteiger partial charge on any atom is -0.489 e. The second-order valence-electron chi connectivity index (χ2n) is 7.06. The molecule has 3 rings (SSSR count). The van der Waals surface area contributed by atoms with E-state index >= 15 is 0 Å². The molecule has 2 aromatic carbocycles. The summed E-state index contributed by atoms with van der Waals surface area (Å²) in [6.45, 7) is -0.514. The Bertz CT molecular complexity index is 1040. The number of ether oxygens (including phenoxy) is 1. The normalized spacial score (nSPS) is 20.4. The van der Waals surface area contributed by atoms with Crippen molar-refractivity contribution >= 4 is 16.0 Å². The molecule has 2 aromatic rings. The number of hydrogen-bond acceptors (Lipinski definition) is 5. The zero-order valence-electron chi connectivity index (χ0n) is 16.1. The van der Waals surface area contributed by atoms with Gasteiger partial charge in [0.2, 0.25) is 10.0 Å². The van der Waals surface area contributed by atoms with Crippen molar-refractivity contribution in [2.24, 2.45) is 0 Å². The second-order valence-corrected chi connectivity index (χ2v) is 8.95. The fourth-order valence-corrected chi connectivity index (χ4v) is 4.97. The lowest BCUT2D eigenvalue weighted by Crippen LogP contribution is -2.51. The summed E-state index contributed by atoms with van der Waals surface area (Å²) in [5.74, 6) is -1.20. The molecule has 7 nitrogen and oxygen atoms in total. The molecule has 0 amide bonds. The van der Waals surface area contributed by atoms with Crippen molar-refractivity contribution in [2.45, 2.75) is 42.7 Å². The number of aliphatic hydroxyl groups excluding tert-OH is 1. The summed E-state index contributed by atoms with van der Waals surface area (Å²) in [5, 5.41) is 19.0. The summed E-state index contributed by atoms with van der Waals surface area (Å²) in [4.78, 5) is 11.3. The highest BCUT2D eigenvalue weighted by atomic mass is 32.2. The van der Waals surface area contributed by atoms with Gasteiger partial charge >= 0.3 is 12.1 Å². The van der Waals surface area contributed by atoms with E-state index in [1.165, 1.54) is 42.5 Å². The zero-order chi connectivity index (χ0) is 22.8. The van der Waals surface area contributed by atoms with E-state index in [-0.39, 0.29) is 42.2 Å². The van der Waals surface area contributed by atoms with Crippen LogP contribution in [0.5, 0.6) is 5.75 Å². The largest absolute Gasteiger partial charge is 0.489 e. The molecule has 0 bridgehead atoms. The third kappa shape index (κ3) is 5.17. The van der Waals surface area contributed by atoms with Gasteiger partial charge in [0.15, 0.2) is 0 Å². The predicted octanol–water partition coefficient (Wildman–Crippen LogP) is 2.88. The molecule has 1 aliphatic heterocycles. The lowest BCUT2D eigenvalue weighted by atomic mass is 10.0. The molecule has 0 saturated carbocycles. The van der Waals surface area contributed by atoms with Gasteiger partial charge in [-0.1, -0.05) is 18.2 Å². The van der Waals surface area contributed by atoms with Crippen LogP contribution in [0.15, 0.2) is 53.4 Å². The van der Waals surface area contributed by atoms with Gasteiger partial charge in [0, 0.05) is 18.5 Å². The van der Waals surface area contributed by atoms with Crippen LogP contribution in [0, 0.1) is 0 Å². The van der Waals surface area contributed by atoms with Gasteiger partial charge in [-0.15, -0.1) is 0 Å². The van der Waals surface area contributed by atoms with Gasteiger partial charge in [0.05, 0.1) is 16.6 Å². The van der Waals surface area contributed by atoms with E-state index in [9.17, 15) is 36.6 Å². The number of carboxylic acids is 1. The summed E-state index contributed by atoms with van der Waals surface area (Å²) in [6.07, 6.45) is -5.53. The first-order valence-electron chi connectivity index (χ1n) is 9.31. The van der Waals surface area contributed by atoms with Gasteiger partial charge in [0.1, 0.15) is 18.4 Å². The summed E-state index contributed by atoms with van der Waals surface area (Å²) in [7, 11) is -4.15. The van der Waals surface area contributed by atoms with Crippen molar-refractivity contribution in [3.63, 3.8) is 0 Å². The number of hydrogen-bond donors (Lipinski definition) is 2. The van der Waals surface area contributed by atoms with Gasteiger partial charge in [-0.25, -0.2) is 8.42 Å². The third-order valence-corrected chi connectivity index (χ3v) is 6.88. The number of aliphatic carboxylic acids is 1. The van der Waals surface area contributed by atoms with Gasteiger partial charge in [-0.05, 0) is 36.8 Å². The summed E-state index contributed by atoms with van der Waals surface area (Å²) in [5.41, 5.74) is -0.885. The Balaban J connectivity index is 1.75. The summed E-state index contributed by atoms with van der Waals surface area (Å²) < 4.78 is 71.1. The van der Waals surface area contributed by atoms with E-state index in [2.05, 4.69) is 0 Å². The van der Waals surface area contributed by atoms with Crippen molar-refractivity contribution in [1.82, 2.24) is 4.31 Å². The molecular formula is C20H20F3NO6S. The van der Waals surface area contributed by atoms with Crippen LogP contribution in [0.4, 0.5) is 13.2 Å². The number of sulfonamides is 1. The molecule has 0 aliphatic carbocycles. The van der Waals surface area contributed by atoms with Crippen molar-refractivity contribution in [2.75, 3.05) is 6.54 Å². The zero-order valence-corrected chi connectivity index (χ0v) is 16.9. The van der Waals surface area contributed by atoms with Gasteiger partial charge in [0.25, 0.3) is 0 Å². The smallest absolute Gasteiger partial charge is 0.416 e. The summed E-state index contributed by atoms with van der Waals surface area (Å²) in [6, 6.07) is 8.56. The first-order chi connectivity index (χ1) is 14.5. The number of piperidine rings is 1. The van der Waals surface area contributed by atoms with Crippen molar-refractivity contribution < 1.29 is 41.3 Å². The monoisotopic (exact) mass is 459 g/mol. The fourth-order valence-electron chi connectivity index (χ4n) is 3.36. The van der Waals surface area contributed by atoms with Crippen LogP contribution < -0.4 is 4.74 Å². The molecule has 1 fully saturated rings. The summed E-state index contributed by atoms with van der Waals surface area (Å²) >= 11 is 0. The maximum absolute atomic E-state index is 13.1. The number of rotatable bonds is 6. The molecular weight excluding hydrogens is 439 g/mol. The Morgan fingerprint density at radius 1 is 1.13 bits per heavy atom. The molecule has 2 N–H and O–H groups in total. The van der Waals surface area contributed by atoms with E-state index in [0.29, 0.717) is 0 Å². The minimum atomic E-state index is -4.53. The lowest BCUT2D eigenvalue weighted by molar-refractivity contribution is -0.144. The average Bonchev–Trinajstić information content (AvgIpc) is 2.72. The SMILES string of the molecule is O=C(O)C1CC(O)CCN1S(=O)(=O)c1ccc(OCc2ccccc2C(F)(F)F)cc1. The molecule has 2 atom stereocenters.